The molecule has 0 spiro atoms. The maximum Gasteiger partial charge on any atom is 0.272 e. The van der Waals surface area contributed by atoms with E-state index >= 15 is 0 Å². The van der Waals surface area contributed by atoms with Crippen molar-refractivity contribution in [2.75, 3.05) is 20.3 Å². The third-order valence-electron chi connectivity index (χ3n) is 2.49. The minimum Gasteiger partial charge on any atom is -0.383 e. The van der Waals surface area contributed by atoms with E-state index in [1.54, 1.807) is 6.92 Å². The second kappa shape index (κ2) is 7.06. The topological polar surface area (TPSA) is 81.5 Å². The number of benzene rings is 1. The summed E-state index contributed by atoms with van der Waals surface area (Å²) in [6.45, 7) is 2.19. The predicted octanol–water partition coefficient (Wildman–Crippen LogP) is 1.89. The summed E-state index contributed by atoms with van der Waals surface area (Å²) in [5.74, 6) is -0.320. The summed E-state index contributed by atoms with van der Waals surface area (Å²) < 4.78 is 4.84. The van der Waals surface area contributed by atoms with Gasteiger partial charge in [0, 0.05) is 30.8 Å². The molecule has 1 rings (SSSR count). The molecule has 0 saturated carbocycles. The van der Waals surface area contributed by atoms with E-state index in [1.165, 1.54) is 25.3 Å². The van der Waals surface area contributed by atoms with Gasteiger partial charge in [-0.15, -0.1) is 11.6 Å². The molecule has 6 nitrogen and oxygen atoms in total. The molecule has 7 heteroatoms. The number of nitrogens with zero attached hydrogens (tertiary/aromatic N) is 1. The van der Waals surface area contributed by atoms with Crippen LogP contribution in [0.3, 0.4) is 0 Å². The maximum atomic E-state index is 11.8. The predicted molar refractivity (Wildman–Crippen MR) is 71.7 cm³/mol. The number of rotatable bonds is 6. The van der Waals surface area contributed by atoms with Crippen molar-refractivity contribution >= 4 is 23.2 Å². The average Bonchev–Trinajstić information content (AvgIpc) is 2.35. The molecule has 1 aromatic carbocycles. The molecule has 1 N–H and O–H groups in total. The van der Waals surface area contributed by atoms with E-state index in [9.17, 15) is 14.9 Å². The van der Waals surface area contributed by atoms with Crippen molar-refractivity contribution in [1.82, 2.24) is 5.32 Å². The monoisotopic (exact) mass is 286 g/mol. The molecule has 0 aliphatic rings. The number of aryl methyl sites for hydroxylation is 1. The molecular formula is C12H15ClN2O4. The van der Waals surface area contributed by atoms with Gasteiger partial charge >= 0.3 is 0 Å². The third-order valence-corrected chi connectivity index (χ3v) is 2.77. The van der Waals surface area contributed by atoms with Crippen LogP contribution < -0.4 is 5.32 Å². The molecule has 0 heterocycles. The minimum absolute atomic E-state index is 0.00819. The molecule has 0 aliphatic heterocycles. The number of hydrogen-bond acceptors (Lipinski definition) is 4. The SMILES string of the molecule is COCC(Cl)CNC(=O)c1ccc([N+](=O)[O-])c(C)c1. The largest absolute Gasteiger partial charge is 0.383 e. The van der Waals surface area contributed by atoms with Crippen molar-refractivity contribution in [3.63, 3.8) is 0 Å². The number of carbonyl (C=O) groups is 1. The van der Waals surface area contributed by atoms with E-state index in [4.69, 9.17) is 16.3 Å². The van der Waals surface area contributed by atoms with Crippen molar-refractivity contribution in [3.05, 3.63) is 39.4 Å². The van der Waals surface area contributed by atoms with Crippen LogP contribution in [-0.2, 0) is 4.74 Å². The van der Waals surface area contributed by atoms with Crippen molar-refractivity contribution in [2.24, 2.45) is 0 Å². The molecular weight excluding hydrogens is 272 g/mol. The summed E-state index contributed by atoms with van der Waals surface area (Å²) in [7, 11) is 1.52. The summed E-state index contributed by atoms with van der Waals surface area (Å²) in [5.41, 5.74) is 0.799. The second-order valence-electron chi connectivity index (χ2n) is 4.02. The molecule has 0 aliphatic carbocycles. The Bertz CT molecular complexity index is 479. The van der Waals surface area contributed by atoms with Gasteiger partial charge in [0.05, 0.1) is 16.9 Å². The van der Waals surface area contributed by atoms with Crippen LogP contribution in [0.2, 0.25) is 0 Å². The van der Waals surface area contributed by atoms with Gasteiger partial charge in [-0.3, -0.25) is 14.9 Å². The summed E-state index contributed by atoms with van der Waals surface area (Å²) in [4.78, 5) is 22.0. The number of methoxy groups -OCH3 is 1. The Balaban J connectivity index is 2.68. The lowest BCUT2D eigenvalue weighted by molar-refractivity contribution is -0.385. The Labute approximate surface area is 115 Å². The van der Waals surface area contributed by atoms with E-state index in [-0.39, 0.29) is 23.5 Å². The van der Waals surface area contributed by atoms with Gasteiger partial charge in [-0.05, 0) is 19.1 Å². The van der Waals surface area contributed by atoms with Crippen LogP contribution in [0.25, 0.3) is 0 Å². The molecule has 1 amide bonds. The van der Waals surface area contributed by atoms with E-state index in [0.29, 0.717) is 17.7 Å². The Morgan fingerprint density at radius 1 is 1.58 bits per heavy atom. The van der Waals surface area contributed by atoms with Crippen molar-refractivity contribution in [3.8, 4) is 0 Å². The van der Waals surface area contributed by atoms with Gasteiger partial charge in [-0.1, -0.05) is 0 Å². The van der Waals surface area contributed by atoms with E-state index < -0.39 is 4.92 Å². The van der Waals surface area contributed by atoms with Crippen molar-refractivity contribution < 1.29 is 14.5 Å². The number of nitro benzene ring substituents is 1. The second-order valence-corrected chi connectivity index (χ2v) is 4.64. The van der Waals surface area contributed by atoms with Crippen LogP contribution >= 0.6 is 11.6 Å². The Morgan fingerprint density at radius 3 is 2.79 bits per heavy atom. The summed E-state index contributed by atoms with van der Waals surface area (Å²) in [5, 5.41) is 13.0. The molecule has 1 atom stereocenters. The Hall–Kier alpha value is -1.66. The molecule has 1 unspecified atom stereocenters. The molecule has 104 valence electrons. The van der Waals surface area contributed by atoms with Gasteiger partial charge in [0.25, 0.3) is 11.6 Å². The molecule has 0 aromatic heterocycles. The number of carbonyl (C=O) groups excluding carboxylic acids is 1. The van der Waals surface area contributed by atoms with Gasteiger partial charge in [0.15, 0.2) is 0 Å². The Kier molecular flexibility index (Phi) is 5.72. The zero-order valence-corrected chi connectivity index (χ0v) is 11.4. The average molecular weight is 287 g/mol. The number of nitrogens with one attached hydrogen (secondary N) is 1. The summed E-state index contributed by atoms with van der Waals surface area (Å²) in [6.07, 6.45) is 0. The quantitative estimate of drug-likeness (QED) is 0.492. The normalized spacial score (nSPS) is 11.9. The molecule has 19 heavy (non-hydrogen) atoms. The number of amides is 1. The fourth-order valence-corrected chi connectivity index (χ4v) is 1.75. The molecule has 0 radical (unpaired) electrons. The molecule has 0 bridgehead atoms. The van der Waals surface area contributed by atoms with E-state index in [2.05, 4.69) is 5.32 Å². The highest BCUT2D eigenvalue weighted by molar-refractivity contribution is 6.21. The van der Waals surface area contributed by atoms with Gasteiger partial charge in [0.2, 0.25) is 0 Å². The van der Waals surface area contributed by atoms with Crippen LogP contribution in [0.5, 0.6) is 0 Å². The smallest absolute Gasteiger partial charge is 0.272 e. The number of alkyl halides is 1. The van der Waals surface area contributed by atoms with Gasteiger partial charge < -0.3 is 10.1 Å². The first-order chi connectivity index (χ1) is 8.95. The number of halogens is 1. The maximum absolute atomic E-state index is 11.8. The standard InChI is InChI=1S/C12H15ClN2O4/c1-8-5-9(3-4-11(8)15(17)18)12(16)14-6-10(13)7-19-2/h3-5,10H,6-7H2,1-2H3,(H,14,16). The van der Waals surface area contributed by atoms with Gasteiger partial charge in [-0.25, -0.2) is 0 Å². The highest BCUT2D eigenvalue weighted by Crippen LogP contribution is 2.18. The number of nitro groups is 1. The molecule has 0 fully saturated rings. The number of hydrogen-bond donors (Lipinski definition) is 1. The van der Waals surface area contributed by atoms with Gasteiger partial charge in [-0.2, -0.15) is 0 Å². The highest BCUT2D eigenvalue weighted by atomic mass is 35.5. The van der Waals surface area contributed by atoms with Crippen LogP contribution in [0, 0.1) is 17.0 Å². The summed E-state index contributed by atoms with van der Waals surface area (Å²) >= 11 is 5.88. The van der Waals surface area contributed by atoms with Crippen LogP contribution in [-0.4, -0.2) is 36.5 Å². The fourth-order valence-electron chi connectivity index (χ4n) is 1.55. The van der Waals surface area contributed by atoms with Crippen LogP contribution in [0.4, 0.5) is 5.69 Å². The molecule has 0 saturated heterocycles. The minimum atomic E-state index is -0.482. The lowest BCUT2D eigenvalue weighted by Crippen LogP contribution is -2.31. The zero-order chi connectivity index (χ0) is 14.4. The first-order valence-electron chi connectivity index (χ1n) is 5.62. The number of ether oxygens (including phenoxy) is 1. The highest BCUT2D eigenvalue weighted by Gasteiger charge is 2.14. The lowest BCUT2D eigenvalue weighted by Gasteiger charge is -2.10. The van der Waals surface area contributed by atoms with E-state index in [0.717, 1.165) is 0 Å². The summed E-state index contributed by atoms with van der Waals surface area (Å²) in [6, 6.07) is 4.21. The van der Waals surface area contributed by atoms with Gasteiger partial charge in [0.1, 0.15) is 0 Å². The third kappa shape index (κ3) is 4.50. The first-order valence-corrected chi connectivity index (χ1v) is 6.05. The van der Waals surface area contributed by atoms with Crippen LogP contribution in [0.15, 0.2) is 18.2 Å². The van der Waals surface area contributed by atoms with Crippen molar-refractivity contribution in [2.45, 2.75) is 12.3 Å². The first kappa shape index (κ1) is 15.4. The van der Waals surface area contributed by atoms with Crippen LogP contribution in [0.1, 0.15) is 15.9 Å². The van der Waals surface area contributed by atoms with Crippen molar-refractivity contribution in [1.29, 1.82) is 0 Å². The van der Waals surface area contributed by atoms with E-state index in [1.807, 2.05) is 0 Å². The lowest BCUT2D eigenvalue weighted by atomic mass is 10.1. The molecule has 1 aromatic rings. The fraction of sp³-hybridized carbons (Fsp3) is 0.417. The zero-order valence-electron chi connectivity index (χ0n) is 10.7. The Morgan fingerprint density at radius 2 is 2.26 bits per heavy atom.